The van der Waals surface area contributed by atoms with Crippen molar-refractivity contribution in [2.24, 2.45) is 5.10 Å². The van der Waals surface area contributed by atoms with Crippen LogP contribution in [0.25, 0.3) is 0 Å². The maximum Gasteiger partial charge on any atom is 0.260 e. The zero-order valence-electron chi connectivity index (χ0n) is 18.0. The Bertz CT molecular complexity index is 897. The van der Waals surface area contributed by atoms with Gasteiger partial charge < -0.3 is 19.1 Å². The van der Waals surface area contributed by atoms with Crippen molar-refractivity contribution in [2.45, 2.75) is 5.75 Å². The number of nitrogens with one attached hydrogen (secondary N) is 1. The second-order valence-electron chi connectivity index (χ2n) is 6.98. The molecule has 1 N–H and O–H groups in total. The van der Waals surface area contributed by atoms with Gasteiger partial charge in [0, 0.05) is 18.8 Å². The van der Waals surface area contributed by atoms with Crippen LogP contribution >= 0.6 is 11.8 Å². The first-order valence-electron chi connectivity index (χ1n) is 10.2. The van der Waals surface area contributed by atoms with Gasteiger partial charge in [0.25, 0.3) is 5.91 Å². The molecule has 1 heterocycles. The average molecular weight is 458 g/mol. The number of amides is 2. The van der Waals surface area contributed by atoms with E-state index in [9.17, 15) is 9.59 Å². The summed E-state index contributed by atoms with van der Waals surface area (Å²) in [7, 11) is 1.63. The van der Waals surface area contributed by atoms with Gasteiger partial charge in [0.2, 0.25) is 5.91 Å². The number of hydrogen-bond donors (Lipinski definition) is 1. The van der Waals surface area contributed by atoms with Gasteiger partial charge >= 0.3 is 0 Å². The molecule has 8 nitrogen and oxygen atoms in total. The van der Waals surface area contributed by atoms with Crippen LogP contribution in [-0.2, 0) is 20.1 Å². The number of hydrazone groups is 1. The molecule has 1 fully saturated rings. The van der Waals surface area contributed by atoms with Gasteiger partial charge in [-0.1, -0.05) is 12.1 Å². The number of methoxy groups -OCH3 is 1. The first-order valence-corrected chi connectivity index (χ1v) is 11.4. The van der Waals surface area contributed by atoms with E-state index in [1.54, 1.807) is 30.4 Å². The molecule has 0 atom stereocenters. The van der Waals surface area contributed by atoms with Crippen molar-refractivity contribution in [3.8, 4) is 11.5 Å². The van der Waals surface area contributed by atoms with E-state index in [4.69, 9.17) is 14.2 Å². The van der Waals surface area contributed by atoms with E-state index in [0.29, 0.717) is 37.8 Å². The lowest BCUT2D eigenvalue weighted by atomic mass is 10.2. The molecule has 0 bridgehead atoms. The molecule has 0 aromatic heterocycles. The number of thioether (sulfide) groups is 1. The summed E-state index contributed by atoms with van der Waals surface area (Å²) in [6, 6.07) is 14.9. The Morgan fingerprint density at radius 2 is 1.78 bits per heavy atom. The molecule has 2 aromatic rings. The van der Waals surface area contributed by atoms with E-state index in [2.05, 4.69) is 10.5 Å². The monoisotopic (exact) mass is 457 g/mol. The van der Waals surface area contributed by atoms with Crippen LogP contribution in [0.3, 0.4) is 0 Å². The van der Waals surface area contributed by atoms with Crippen molar-refractivity contribution in [3.05, 3.63) is 59.7 Å². The highest BCUT2D eigenvalue weighted by molar-refractivity contribution is 7.99. The molecule has 0 aliphatic carbocycles. The number of benzene rings is 2. The number of hydrogen-bond acceptors (Lipinski definition) is 7. The van der Waals surface area contributed by atoms with Crippen LogP contribution in [0.1, 0.15) is 11.1 Å². The van der Waals surface area contributed by atoms with Gasteiger partial charge in [-0.2, -0.15) is 5.10 Å². The Morgan fingerprint density at radius 1 is 1.09 bits per heavy atom. The summed E-state index contributed by atoms with van der Waals surface area (Å²) < 4.78 is 15.9. The van der Waals surface area contributed by atoms with Gasteiger partial charge in [-0.15, -0.1) is 11.8 Å². The van der Waals surface area contributed by atoms with Crippen LogP contribution in [0, 0.1) is 0 Å². The summed E-state index contributed by atoms with van der Waals surface area (Å²) in [6.45, 7) is 2.33. The fourth-order valence-electron chi connectivity index (χ4n) is 2.89. The molecule has 3 rings (SSSR count). The molecule has 1 saturated heterocycles. The van der Waals surface area contributed by atoms with Gasteiger partial charge in [-0.3, -0.25) is 9.59 Å². The Labute approximate surface area is 191 Å². The summed E-state index contributed by atoms with van der Waals surface area (Å²) >= 11 is 1.51. The Morgan fingerprint density at radius 3 is 2.47 bits per heavy atom. The van der Waals surface area contributed by atoms with Crippen LogP contribution in [-0.4, -0.2) is 68.7 Å². The average Bonchev–Trinajstić information content (AvgIpc) is 2.84. The van der Waals surface area contributed by atoms with Gasteiger partial charge in [0.1, 0.15) is 11.5 Å². The van der Waals surface area contributed by atoms with E-state index >= 15 is 0 Å². The van der Waals surface area contributed by atoms with Crippen molar-refractivity contribution < 1.29 is 23.8 Å². The minimum atomic E-state index is -0.165. The Hall–Kier alpha value is -3.04. The molecule has 2 aromatic carbocycles. The summed E-state index contributed by atoms with van der Waals surface area (Å²) in [5.41, 5.74) is 4.46. The third-order valence-corrected chi connectivity index (χ3v) is 5.67. The molecule has 0 radical (unpaired) electrons. The number of morpholine rings is 1. The highest BCUT2D eigenvalue weighted by Gasteiger charge is 2.17. The molecule has 1 aliphatic heterocycles. The summed E-state index contributed by atoms with van der Waals surface area (Å²) in [4.78, 5) is 25.8. The Balaban J connectivity index is 1.33. The highest BCUT2D eigenvalue weighted by atomic mass is 32.2. The second-order valence-corrected chi connectivity index (χ2v) is 7.97. The van der Waals surface area contributed by atoms with Gasteiger partial charge in [0.15, 0.2) is 6.61 Å². The van der Waals surface area contributed by atoms with Crippen LogP contribution < -0.4 is 14.9 Å². The quantitative estimate of drug-likeness (QED) is 0.435. The highest BCUT2D eigenvalue weighted by Crippen LogP contribution is 2.16. The predicted molar refractivity (Wildman–Crippen MR) is 124 cm³/mol. The predicted octanol–water partition coefficient (Wildman–Crippen LogP) is 2.32. The zero-order valence-corrected chi connectivity index (χ0v) is 18.8. The van der Waals surface area contributed by atoms with Crippen molar-refractivity contribution in [1.82, 2.24) is 10.3 Å². The van der Waals surface area contributed by atoms with Crippen molar-refractivity contribution in [2.75, 3.05) is 45.8 Å². The lowest BCUT2D eigenvalue weighted by Crippen LogP contribution is -2.42. The van der Waals surface area contributed by atoms with E-state index in [0.717, 1.165) is 22.6 Å². The van der Waals surface area contributed by atoms with Crippen molar-refractivity contribution in [3.63, 3.8) is 0 Å². The van der Waals surface area contributed by atoms with E-state index in [1.807, 2.05) is 36.4 Å². The molecular weight excluding hydrogens is 430 g/mol. The number of carbonyl (C=O) groups is 2. The zero-order chi connectivity index (χ0) is 22.6. The molecule has 2 amide bonds. The maximum absolute atomic E-state index is 12.1. The van der Waals surface area contributed by atoms with Crippen molar-refractivity contribution >= 4 is 29.8 Å². The summed E-state index contributed by atoms with van der Waals surface area (Å²) in [6.07, 6.45) is 1.56. The molecule has 0 unspecified atom stereocenters. The molecule has 9 heteroatoms. The molecular formula is C23H27N3O5S. The minimum absolute atomic E-state index is 0.00230. The van der Waals surface area contributed by atoms with Crippen LogP contribution in [0.2, 0.25) is 0 Å². The van der Waals surface area contributed by atoms with E-state index in [-0.39, 0.29) is 18.4 Å². The number of carbonyl (C=O) groups excluding carboxylic acids is 2. The first-order chi connectivity index (χ1) is 15.6. The normalized spacial score (nSPS) is 13.7. The van der Waals surface area contributed by atoms with Crippen molar-refractivity contribution in [1.29, 1.82) is 0 Å². The lowest BCUT2D eigenvalue weighted by Gasteiger charge is -2.26. The van der Waals surface area contributed by atoms with E-state index in [1.165, 1.54) is 11.8 Å². The molecule has 0 saturated carbocycles. The minimum Gasteiger partial charge on any atom is -0.497 e. The molecule has 0 spiro atoms. The molecule has 1 aliphatic rings. The van der Waals surface area contributed by atoms with Gasteiger partial charge in [0.05, 0.1) is 32.3 Å². The topological polar surface area (TPSA) is 89.5 Å². The SMILES string of the molecule is COc1ccc(CSCC(=O)N/N=C/c2ccc(OCC(=O)N3CCOCC3)cc2)cc1. The van der Waals surface area contributed by atoms with E-state index < -0.39 is 0 Å². The maximum atomic E-state index is 12.1. The smallest absolute Gasteiger partial charge is 0.260 e. The number of ether oxygens (including phenoxy) is 3. The first kappa shape index (κ1) is 23.6. The summed E-state index contributed by atoms with van der Waals surface area (Å²) in [5.74, 6) is 2.24. The van der Waals surface area contributed by atoms with Crippen LogP contribution in [0.4, 0.5) is 0 Å². The molecule has 170 valence electrons. The van der Waals surface area contributed by atoms with Crippen LogP contribution in [0.5, 0.6) is 11.5 Å². The Kier molecular flexibility index (Phi) is 9.39. The van der Waals surface area contributed by atoms with Gasteiger partial charge in [-0.05, 0) is 47.5 Å². The fraction of sp³-hybridized carbons (Fsp3) is 0.348. The number of rotatable bonds is 10. The standard InChI is InChI=1S/C23H27N3O5S/c1-29-20-6-4-19(5-7-20)16-32-17-22(27)25-24-14-18-2-8-21(9-3-18)31-15-23(28)26-10-12-30-13-11-26/h2-9,14H,10-13,15-17H2,1H3,(H,25,27)/b24-14+. The fourth-order valence-corrected chi connectivity index (χ4v) is 3.67. The van der Waals surface area contributed by atoms with Crippen LogP contribution in [0.15, 0.2) is 53.6 Å². The largest absolute Gasteiger partial charge is 0.497 e. The third kappa shape index (κ3) is 7.90. The third-order valence-electron chi connectivity index (χ3n) is 4.67. The lowest BCUT2D eigenvalue weighted by molar-refractivity contribution is -0.137. The van der Waals surface area contributed by atoms with Gasteiger partial charge in [-0.25, -0.2) is 5.43 Å². The second kappa shape index (κ2) is 12.7. The molecule has 32 heavy (non-hydrogen) atoms. The number of nitrogens with zero attached hydrogens (tertiary/aromatic N) is 2. The summed E-state index contributed by atoms with van der Waals surface area (Å²) in [5, 5.41) is 3.99.